The van der Waals surface area contributed by atoms with Crippen LogP contribution in [0.15, 0.2) is 60.3 Å². The fourth-order valence-electron chi connectivity index (χ4n) is 6.82. The maximum Gasteiger partial charge on any atom is 0.410 e. The summed E-state index contributed by atoms with van der Waals surface area (Å²) in [7, 11) is 1.44. The van der Waals surface area contributed by atoms with E-state index in [9.17, 15) is 19.2 Å². The smallest absolute Gasteiger partial charge is 0.410 e. The van der Waals surface area contributed by atoms with Gasteiger partial charge in [-0.05, 0) is 54.5 Å². The van der Waals surface area contributed by atoms with Crippen LogP contribution < -0.4 is 16.1 Å². The highest BCUT2D eigenvalue weighted by Crippen LogP contribution is 2.45. The number of hydrogen-bond acceptors (Lipinski definition) is 9. The molecule has 12 heteroatoms. The molecular weight excluding hydrogens is 604 g/mol. The number of hydroxylamine groups is 1. The molecule has 2 aromatic carbocycles. The van der Waals surface area contributed by atoms with Crippen LogP contribution in [0.2, 0.25) is 0 Å². The van der Waals surface area contributed by atoms with Gasteiger partial charge in [-0.2, -0.15) is 0 Å². The molecule has 4 atom stereocenters. The van der Waals surface area contributed by atoms with Crippen molar-refractivity contribution in [3.63, 3.8) is 0 Å². The average molecular weight is 647 g/mol. The van der Waals surface area contributed by atoms with Crippen LogP contribution >= 0.6 is 0 Å². The first-order chi connectivity index (χ1) is 22.8. The summed E-state index contributed by atoms with van der Waals surface area (Å²) in [4.78, 5) is 60.6. The molecule has 1 saturated carbocycles. The van der Waals surface area contributed by atoms with Crippen molar-refractivity contribution in [3.05, 3.63) is 71.4 Å². The summed E-state index contributed by atoms with van der Waals surface area (Å²) < 4.78 is 16.7. The molecule has 0 radical (unpaired) electrons. The number of carbonyl (C=O) groups excluding carboxylic acids is 4. The molecule has 0 aromatic heterocycles. The first kappa shape index (κ1) is 32.5. The topological polar surface area (TPSA) is 145 Å². The summed E-state index contributed by atoms with van der Waals surface area (Å²) in [6.07, 6.45) is 3.02. The van der Waals surface area contributed by atoms with E-state index < -0.39 is 41.8 Å². The van der Waals surface area contributed by atoms with E-state index >= 15 is 0 Å². The molecule has 47 heavy (non-hydrogen) atoms. The fourth-order valence-corrected chi connectivity index (χ4v) is 6.82. The monoisotopic (exact) mass is 646 g/mol. The second kappa shape index (κ2) is 13.7. The molecule has 3 amide bonds. The predicted molar refractivity (Wildman–Crippen MR) is 171 cm³/mol. The number of carbonyl (C=O) groups is 4. The number of rotatable bonds is 12. The lowest BCUT2D eigenvalue weighted by Gasteiger charge is -2.29. The van der Waals surface area contributed by atoms with E-state index in [1.807, 2.05) is 43.3 Å². The van der Waals surface area contributed by atoms with Crippen molar-refractivity contribution in [2.24, 2.45) is 0 Å². The van der Waals surface area contributed by atoms with Crippen LogP contribution in [0.1, 0.15) is 63.0 Å². The number of ether oxygens (including phenoxy) is 3. The van der Waals surface area contributed by atoms with Gasteiger partial charge in [0.25, 0.3) is 5.91 Å². The van der Waals surface area contributed by atoms with Gasteiger partial charge in [-0.15, -0.1) is 0 Å². The van der Waals surface area contributed by atoms with E-state index in [2.05, 4.69) is 28.2 Å². The molecule has 2 aromatic rings. The van der Waals surface area contributed by atoms with Gasteiger partial charge < -0.3 is 24.8 Å². The Bertz CT molecular complexity index is 1510. The molecule has 2 aliphatic heterocycles. The standard InChI is InChI=1S/C35H42N4O8/c1-4-10-27(30(44-3)32(41)36-21-15-16-21)37-31(40)29-18-35(17-28(38-47-35)33(42)45-5-2)20-39(29)34(43)46-19-26-24-13-8-6-11-22(24)23-12-7-9-14-25(23)26/h6-9,11-14,17,21,26-27,29-30,38H,4-5,10,15-16,18-20H2,1-3H3,(H,36,41)(H,37,40)/t27-,29-,30?,35+/m0/s1. The highest BCUT2D eigenvalue weighted by molar-refractivity contribution is 5.90. The Morgan fingerprint density at radius 3 is 2.32 bits per heavy atom. The minimum atomic E-state index is -1.18. The number of benzene rings is 2. The zero-order chi connectivity index (χ0) is 33.1. The van der Waals surface area contributed by atoms with Gasteiger partial charge >= 0.3 is 12.1 Å². The first-order valence-electron chi connectivity index (χ1n) is 16.4. The Morgan fingerprint density at radius 2 is 1.70 bits per heavy atom. The van der Waals surface area contributed by atoms with Crippen molar-refractivity contribution >= 4 is 23.9 Å². The van der Waals surface area contributed by atoms with E-state index in [-0.39, 0.29) is 49.7 Å². The van der Waals surface area contributed by atoms with E-state index in [1.54, 1.807) is 13.0 Å². The molecule has 1 saturated heterocycles. The van der Waals surface area contributed by atoms with Crippen LogP contribution in [-0.4, -0.2) is 85.5 Å². The zero-order valence-corrected chi connectivity index (χ0v) is 27.0. The van der Waals surface area contributed by atoms with Crippen LogP contribution in [0.3, 0.4) is 0 Å². The van der Waals surface area contributed by atoms with Gasteiger partial charge in [-0.3, -0.25) is 24.8 Å². The molecule has 6 rings (SSSR count). The lowest BCUT2D eigenvalue weighted by atomic mass is 9.98. The van der Waals surface area contributed by atoms with Crippen molar-refractivity contribution in [1.82, 2.24) is 21.0 Å². The summed E-state index contributed by atoms with van der Waals surface area (Å²) >= 11 is 0. The van der Waals surface area contributed by atoms with Gasteiger partial charge in [0.2, 0.25) is 5.91 Å². The first-order valence-corrected chi connectivity index (χ1v) is 16.4. The quantitative estimate of drug-likeness (QED) is 0.296. The van der Waals surface area contributed by atoms with E-state index in [4.69, 9.17) is 19.0 Å². The van der Waals surface area contributed by atoms with Crippen molar-refractivity contribution in [3.8, 4) is 11.1 Å². The third-order valence-corrected chi connectivity index (χ3v) is 9.22. The second-order valence-corrected chi connectivity index (χ2v) is 12.5. The number of likely N-dealkylation sites (tertiary alicyclic amines) is 1. The maximum atomic E-state index is 14.0. The predicted octanol–water partition coefficient (Wildman–Crippen LogP) is 3.31. The summed E-state index contributed by atoms with van der Waals surface area (Å²) in [5.41, 5.74) is 5.87. The number of fused-ring (bicyclic) bond motifs is 3. The summed E-state index contributed by atoms with van der Waals surface area (Å²) in [6, 6.07) is 14.6. The number of hydrogen-bond donors (Lipinski definition) is 3. The van der Waals surface area contributed by atoms with E-state index in [0.717, 1.165) is 35.1 Å². The van der Waals surface area contributed by atoms with Crippen LogP contribution in [0.4, 0.5) is 4.79 Å². The Balaban J connectivity index is 1.22. The molecule has 1 unspecified atom stereocenters. The third-order valence-electron chi connectivity index (χ3n) is 9.22. The minimum absolute atomic E-state index is 0.0453. The number of amides is 3. The molecule has 2 aliphatic carbocycles. The lowest BCUT2D eigenvalue weighted by molar-refractivity contribution is -0.140. The van der Waals surface area contributed by atoms with Crippen LogP contribution in [0.25, 0.3) is 11.1 Å². The van der Waals surface area contributed by atoms with Crippen molar-refractivity contribution in [2.75, 3.05) is 26.9 Å². The van der Waals surface area contributed by atoms with Crippen molar-refractivity contribution < 1.29 is 38.2 Å². The highest BCUT2D eigenvalue weighted by atomic mass is 16.7. The van der Waals surface area contributed by atoms with Gasteiger partial charge in [-0.1, -0.05) is 61.9 Å². The van der Waals surface area contributed by atoms with Crippen molar-refractivity contribution in [2.45, 2.75) is 81.7 Å². The largest absolute Gasteiger partial charge is 0.461 e. The van der Waals surface area contributed by atoms with Gasteiger partial charge in [0, 0.05) is 25.5 Å². The third kappa shape index (κ3) is 6.70. The van der Waals surface area contributed by atoms with Crippen LogP contribution in [-0.2, 0) is 33.4 Å². The number of nitrogens with one attached hydrogen (secondary N) is 3. The van der Waals surface area contributed by atoms with E-state index in [0.29, 0.717) is 12.8 Å². The normalized spacial score (nSPS) is 22.5. The maximum absolute atomic E-state index is 14.0. The summed E-state index contributed by atoms with van der Waals surface area (Å²) in [5, 5.41) is 5.95. The fraction of sp³-hybridized carbons (Fsp3) is 0.486. The van der Waals surface area contributed by atoms with Gasteiger partial charge in [0.05, 0.1) is 19.2 Å². The zero-order valence-electron chi connectivity index (χ0n) is 27.0. The molecule has 2 heterocycles. The SMILES string of the molecule is CCC[C@H](NC(=O)[C@@H]1C[C@]2(C=C(C(=O)OCC)NO2)CN1C(=O)OCC1c2ccccc2-c2ccccc21)C(OC)C(=O)NC1CC1. The van der Waals surface area contributed by atoms with Crippen molar-refractivity contribution in [1.29, 1.82) is 0 Å². The number of nitrogens with zero attached hydrogens (tertiary/aromatic N) is 1. The molecular formula is C35H42N4O8. The Labute approximate surface area is 274 Å². The van der Waals surface area contributed by atoms with Gasteiger partial charge in [0.15, 0.2) is 6.10 Å². The highest BCUT2D eigenvalue weighted by Gasteiger charge is 2.53. The molecule has 250 valence electrons. The van der Waals surface area contributed by atoms with Crippen LogP contribution in [0.5, 0.6) is 0 Å². The molecule has 2 fully saturated rings. The second-order valence-electron chi connectivity index (χ2n) is 12.5. The molecule has 12 nitrogen and oxygen atoms in total. The summed E-state index contributed by atoms with van der Waals surface area (Å²) in [6.45, 7) is 3.85. The average Bonchev–Trinajstić information content (AvgIpc) is 3.53. The molecule has 0 bridgehead atoms. The van der Waals surface area contributed by atoms with E-state index in [1.165, 1.54) is 12.0 Å². The minimum Gasteiger partial charge on any atom is -0.461 e. The van der Waals surface area contributed by atoms with Gasteiger partial charge in [0.1, 0.15) is 23.9 Å². The molecule has 1 spiro atoms. The Hall–Kier alpha value is -4.42. The summed E-state index contributed by atoms with van der Waals surface area (Å²) in [5.74, 6) is -1.53. The number of methoxy groups -OCH3 is 1. The van der Waals surface area contributed by atoms with Gasteiger partial charge in [-0.25, -0.2) is 9.59 Å². The number of esters is 1. The molecule has 3 N–H and O–H groups in total. The molecule has 4 aliphatic rings. The van der Waals surface area contributed by atoms with Crippen LogP contribution in [0, 0.1) is 0 Å². The lowest BCUT2D eigenvalue weighted by Crippen LogP contribution is -2.55. The Kier molecular flexibility index (Phi) is 9.51. The Morgan fingerprint density at radius 1 is 1.02 bits per heavy atom.